The maximum Gasteiger partial charge on any atom is 0.147 e. The van der Waals surface area contributed by atoms with E-state index in [9.17, 15) is 0 Å². The number of nitrogens with one attached hydrogen (secondary N) is 1. The molecule has 0 unspecified atom stereocenters. The van der Waals surface area contributed by atoms with Crippen molar-refractivity contribution in [3.05, 3.63) is 17.1 Å². The van der Waals surface area contributed by atoms with E-state index in [-0.39, 0.29) is 5.41 Å². The summed E-state index contributed by atoms with van der Waals surface area (Å²) in [5.74, 6) is 10.6. The molecule has 6 rings (SSSR count). The monoisotopic (exact) mass is 284 g/mol. The van der Waals surface area contributed by atoms with Gasteiger partial charge in [-0.3, -0.25) is 0 Å². The van der Waals surface area contributed by atoms with Crippen LogP contribution in [0.25, 0.3) is 0 Å². The lowest BCUT2D eigenvalue weighted by molar-refractivity contribution is -0.00942. The summed E-state index contributed by atoms with van der Waals surface area (Å²) in [6.07, 6.45) is 11.7. The average molecular weight is 284 g/mol. The number of fused-ring (bicyclic) bond motifs is 1. The van der Waals surface area contributed by atoms with Gasteiger partial charge in [0.15, 0.2) is 0 Å². The molecule has 4 saturated carbocycles. The Labute approximate surface area is 125 Å². The maximum atomic E-state index is 5.74. The molecule has 3 N–H and O–H groups in total. The first-order chi connectivity index (χ1) is 10.3. The number of nitrogens with zero attached hydrogens (tertiary/aromatic N) is 2. The number of rotatable bonds is 2. The lowest BCUT2D eigenvalue weighted by Crippen LogP contribution is -2.49. The second-order valence-electron chi connectivity index (χ2n) is 8.02. The molecule has 0 atom stereocenters. The Morgan fingerprint density at radius 3 is 2.24 bits per heavy atom. The van der Waals surface area contributed by atoms with Gasteiger partial charge < -0.3 is 5.43 Å². The molecule has 5 aliphatic rings. The largest absolute Gasteiger partial charge is 0.308 e. The van der Waals surface area contributed by atoms with Crippen LogP contribution in [0.2, 0.25) is 0 Å². The Morgan fingerprint density at radius 2 is 1.62 bits per heavy atom. The van der Waals surface area contributed by atoms with E-state index in [1.165, 1.54) is 56.2 Å². The molecule has 1 heterocycles. The third kappa shape index (κ3) is 1.71. The van der Waals surface area contributed by atoms with Crippen molar-refractivity contribution in [2.45, 2.75) is 63.2 Å². The molecule has 1 aromatic rings. The molecule has 4 bridgehead atoms. The van der Waals surface area contributed by atoms with Gasteiger partial charge in [-0.15, -0.1) is 0 Å². The normalized spacial score (nSPS) is 39.6. The second kappa shape index (κ2) is 4.19. The van der Waals surface area contributed by atoms with Crippen LogP contribution in [-0.4, -0.2) is 9.97 Å². The van der Waals surface area contributed by atoms with Crippen LogP contribution >= 0.6 is 0 Å². The van der Waals surface area contributed by atoms with E-state index in [1.807, 2.05) is 0 Å². The molecule has 0 spiro atoms. The molecule has 0 aliphatic heterocycles. The zero-order valence-corrected chi connectivity index (χ0v) is 12.6. The topological polar surface area (TPSA) is 63.8 Å². The SMILES string of the molecule is NNc1nc(C23CC4CC(CC(C4)C2)C3)nc2c1CCC2. The third-order valence-electron chi connectivity index (χ3n) is 6.58. The van der Waals surface area contributed by atoms with E-state index in [0.717, 1.165) is 42.2 Å². The van der Waals surface area contributed by atoms with E-state index in [4.69, 9.17) is 15.8 Å². The highest BCUT2D eigenvalue weighted by atomic mass is 15.3. The van der Waals surface area contributed by atoms with Gasteiger partial charge in [0.25, 0.3) is 0 Å². The lowest BCUT2D eigenvalue weighted by atomic mass is 9.49. The van der Waals surface area contributed by atoms with Crippen LogP contribution in [0, 0.1) is 17.8 Å². The molecule has 112 valence electrons. The summed E-state index contributed by atoms with van der Waals surface area (Å²) in [5, 5.41) is 0. The summed E-state index contributed by atoms with van der Waals surface area (Å²) < 4.78 is 0. The first-order valence-corrected chi connectivity index (χ1v) is 8.63. The highest BCUT2D eigenvalue weighted by Crippen LogP contribution is 2.60. The molecular weight excluding hydrogens is 260 g/mol. The van der Waals surface area contributed by atoms with Gasteiger partial charge in [-0.2, -0.15) is 0 Å². The van der Waals surface area contributed by atoms with E-state index in [2.05, 4.69) is 5.43 Å². The summed E-state index contributed by atoms with van der Waals surface area (Å²) in [6, 6.07) is 0. The Kier molecular flexibility index (Phi) is 2.47. The van der Waals surface area contributed by atoms with Crippen molar-refractivity contribution >= 4 is 5.82 Å². The first kappa shape index (κ1) is 12.4. The highest BCUT2D eigenvalue weighted by Gasteiger charge is 2.53. The number of aromatic nitrogens is 2. The summed E-state index contributed by atoms with van der Waals surface area (Å²) in [5.41, 5.74) is 5.66. The van der Waals surface area contributed by atoms with Crippen molar-refractivity contribution in [2.24, 2.45) is 23.6 Å². The standard InChI is InChI=1S/C17H24N4/c18-21-15-13-2-1-3-14(13)19-16(20-15)17-7-10-4-11(8-17)6-12(5-10)9-17/h10-12H,1-9,18H2,(H,19,20,21). The number of hydrogen-bond acceptors (Lipinski definition) is 4. The molecule has 4 nitrogen and oxygen atoms in total. The summed E-state index contributed by atoms with van der Waals surface area (Å²) in [4.78, 5) is 9.95. The molecule has 0 saturated heterocycles. The smallest absolute Gasteiger partial charge is 0.147 e. The van der Waals surface area contributed by atoms with E-state index in [1.54, 1.807) is 0 Å². The number of aryl methyl sites for hydroxylation is 1. The van der Waals surface area contributed by atoms with Crippen molar-refractivity contribution in [2.75, 3.05) is 5.43 Å². The van der Waals surface area contributed by atoms with Gasteiger partial charge in [-0.05, 0) is 75.5 Å². The minimum atomic E-state index is 0.276. The Balaban J connectivity index is 1.61. The highest BCUT2D eigenvalue weighted by molar-refractivity contribution is 5.48. The van der Waals surface area contributed by atoms with Gasteiger partial charge in [0.05, 0.1) is 0 Å². The average Bonchev–Trinajstić information content (AvgIpc) is 2.93. The number of nitrogen functional groups attached to an aromatic ring is 1. The predicted molar refractivity (Wildman–Crippen MR) is 81.7 cm³/mol. The fourth-order valence-corrected chi connectivity index (χ4v) is 6.17. The third-order valence-corrected chi connectivity index (χ3v) is 6.58. The van der Waals surface area contributed by atoms with Crippen molar-refractivity contribution in [1.82, 2.24) is 9.97 Å². The second-order valence-corrected chi connectivity index (χ2v) is 8.02. The van der Waals surface area contributed by atoms with E-state index < -0.39 is 0 Å². The fraction of sp³-hybridized carbons (Fsp3) is 0.765. The quantitative estimate of drug-likeness (QED) is 0.647. The zero-order chi connectivity index (χ0) is 14.0. The Hall–Kier alpha value is -1.16. The van der Waals surface area contributed by atoms with Crippen molar-refractivity contribution in [3.63, 3.8) is 0 Å². The van der Waals surface area contributed by atoms with Crippen LogP contribution in [0.3, 0.4) is 0 Å². The van der Waals surface area contributed by atoms with Gasteiger partial charge in [0, 0.05) is 16.7 Å². The van der Waals surface area contributed by atoms with Crippen molar-refractivity contribution < 1.29 is 0 Å². The van der Waals surface area contributed by atoms with Crippen LogP contribution in [0.1, 0.15) is 62.0 Å². The van der Waals surface area contributed by atoms with Crippen molar-refractivity contribution in [3.8, 4) is 0 Å². The van der Waals surface area contributed by atoms with Gasteiger partial charge in [-0.25, -0.2) is 15.8 Å². The first-order valence-electron chi connectivity index (χ1n) is 8.63. The number of nitrogens with two attached hydrogens (primary N) is 1. The summed E-state index contributed by atoms with van der Waals surface area (Å²) in [7, 11) is 0. The van der Waals surface area contributed by atoms with Gasteiger partial charge >= 0.3 is 0 Å². The molecule has 1 aromatic heterocycles. The van der Waals surface area contributed by atoms with Crippen LogP contribution in [0.4, 0.5) is 5.82 Å². The Morgan fingerprint density at radius 1 is 0.952 bits per heavy atom. The van der Waals surface area contributed by atoms with Crippen LogP contribution in [0.5, 0.6) is 0 Å². The lowest BCUT2D eigenvalue weighted by Gasteiger charge is -2.56. The van der Waals surface area contributed by atoms with Gasteiger partial charge in [-0.1, -0.05) is 0 Å². The minimum Gasteiger partial charge on any atom is -0.308 e. The number of hydrogen-bond donors (Lipinski definition) is 2. The molecule has 0 aromatic carbocycles. The predicted octanol–water partition coefficient (Wildman–Crippen LogP) is 2.72. The molecular formula is C17H24N4. The molecule has 4 heteroatoms. The minimum absolute atomic E-state index is 0.276. The molecule has 5 aliphatic carbocycles. The van der Waals surface area contributed by atoms with Crippen molar-refractivity contribution in [1.29, 1.82) is 0 Å². The maximum absolute atomic E-state index is 5.74. The molecule has 0 amide bonds. The van der Waals surface area contributed by atoms with Gasteiger partial charge in [0.2, 0.25) is 0 Å². The summed E-state index contributed by atoms with van der Waals surface area (Å²) in [6.45, 7) is 0. The molecule has 0 radical (unpaired) electrons. The zero-order valence-electron chi connectivity index (χ0n) is 12.6. The van der Waals surface area contributed by atoms with Gasteiger partial charge in [0.1, 0.15) is 11.6 Å². The molecule has 21 heavy (non-hydrogen) atoms. The number of hydrazine groups is 1. The van der Waals surface area contributed by atoms with E-state index >= 15 is 0 Å². The molecule has 4 fully saturated rings. The van der Waals surface area contributed by atoms with Crippen LogP contribution in [-0.2, 0) is 18.3 Å². The summed E-state index contributed by atoms with van der Waals surface area (Å²) >= 11 is 0. The number of anilines is 1. The van der Waals surface area contributed by atoms with E-state index in [0.29, 0.717) is 0 Å². The Bertz CT molecular complexity index is 559. The fourth-order valence-electron chi connectivity index (χ4n) is 6.17. The van der Waals surface area contributed by atoms with Crippen LogP contribution in [0.15, 0.2) is 0 Å². The van der Waals surface area contributed by atoms with Crippen LogP contribution < -0.4 is 11.3 Å².